The molecule has 0 aliphatic heterocycles. The van der Waals surface area contributed by atoms with Crippen LogP contribution in [0.3, 0.4) is 0 Å². The van der Waals surface area contributed by atoms with Crippen molar-refractivity contribution in [1.29, 1.82) is 5.26 Å². The molecule has 13 rings (SSSR count). The molecule has 3 aromatic heterocycles. The van der Waals surface area contributed by atoms with E-state index < -0.39 is 17.4 Å². The van der Waals surface area contributed by atoms with E-state index in [2.05, 4.69) is 142 Å². The molecule has 10 aromatic carbocycles. The molecular formula is C76H52FN5O2S2. The van der Waals surface area contributed by atoms with E-state index >= 15 is 4.39 Å². The number of benzene rings is 10. The highest BCUT2D eigenvalue weighted by molar-refractivity contribution is 7.19. The Hall–Kier alpha value is -11.1. The smallest absolute Gasteiger partial charge is 0.346 e. The van der Waals surface area contributed by atoms with E-state index in [1.54, 1.807) is 23.5 Å². The van der Waals surface area contributed by atoms with E-state index in [4.69, 9.17) is 0 Å². The third-order valence-electron chi connectivity index (χ3n) is 14.9. The SMILES string of the molecule is N#C/C(=C\c1cc(-c2ccc(-c3ccc(N(c4ccccc4)c4ccccc4)cc3)s2)n(-c2ccc(-c3ccc(N(c4ccccc4)c4ccccc4)cc3)cc2F)c1-c1ccc(-c2ccc(N(c3ccccc3)c3ccccc3)cc2)s1)C(=O)O. The summed E-state index contributed by atoms with van der Waals surface area (Å²) in [6, 6.07) is 104. The van der Waals surface area contributed by atoms with Crippen LogP contribution in [0.15, 0.2) is 309 Å². The van der Waals surface area contributed by atoms with Gasteiger partial charge in [0.2, 0.25) is 0 Å². The average molecular weight is 1150 g/mol. The predicted molar refractivity (Wildman–Crippen MR) is 354 cm³/mol. The van der Waals surface area contributed by atoms with Crippen LogP contribution >= 0.6 is 22.7 Å². The Balaban J connectivity index is 0.917. The Morgan fingerprint density at radius 1 is 0.395 bits per heavy atom. The van der Waals surface area contributed by atoms with Gasteiger partial charge in [0.05, 0.1) is 26.8 Å². The first-order valence-electron chi connectivity index (χ1n) is 28.0. The number of hydrogen-bond acceptors (Lipinski definition) is 7. The van der Waals surface area contributed by atoms with Crippen molar-refractivity contribution in [2.45, 2.75) is 0 Å². The highest BCUT2D eigenvalue weighted by Crippen LogP contribution is 2.47. The molecule has 0 saturated heterocycles. The Kier molecular flexibility index (Phi) is 15.4. The van der Waals surface area contributed by atoms with Crippen LogP contribution in [-0.2, 0) is 4.79 Å². The van der Waals surface area contributed by atoms with Crippen molar-refractivity contribution in [1.82, 2.24) is 4.57 Å². The molecule has 13 aromatic rings. The van der Waals surface area contributed by atoms with Crippen molar-refractivity contribution in [3.63, 3.8) is 0 Å². The number of aliphatic carboxylic acids is 1. The lowest BCUT2D eigenvalue weighted by atomic mass is 10.0. The van der Waals surface area contributed by atoms with E-state index in [1.165, 1.54) is 17.4 Å². The second kappa shape index (κ2) is 24.4. The van der Waals surface area contributed by atoms with Crippen molar-refractivity contribution in [2.75, 3.05) is 14.7 Å². The van der Waals surface area contributed by atoms with Crippen LogP contribution in [0, 0.1) is 17.1 Å². The minimum atomic E-state index is -1.36. The van der Waals surface area contributed by atoms with Crippen molar-refractivity contribution in [3.05, 3.63) is 320 Å². The van der Waals surface area contributed by atoms with Crippen molar-refractivity contribution < 1.29 is 14.3 Å². The molecule has 1 N–H and O–H groups in total. The van der Waals surface area contributed by atoms with Gasteiger partial charge in [-0.25, -0.2) is 9.18 Å². The monoisotopic (exact) mass is 1150 g/mol. The normalized spacial score (nSPS) is 11.2. The zero-order valence-corrected chi connectivity index (χ0v) is 47.9. The van der Waals surface area contributed by atoms with Crippen LogP contribution in [0.25, 0.3) is 64.9 Å². The van der Waals surface area contributed by atoms with Crippen LogP contribution in [0.2, 0.25) is 0 Å². The van der Waals surface area contributed by atoms with E-state index in [0.717, 1.165) is 87.4 Å². The third kappa shape index (κ3) is 11.1. The number of nitrogens with zero attached hydrogens (tertiary/aromatic N) is 5. The van der Waals surface area contributed by atoms with Gasteiger partial charge in [0.25, 0.3) is 0 Å². The molecule has 10 heteroatoms. The summed E-state index contributed by atoms with van der Waals surface area (Å²) < 4.78 is 19.7. The van der Waals surface area contributed by atoms with Gasteiger partial charge in [0.1, 0.15) is 17.5 Å². The average Bonchev–Trinajstić information content (AvgIpc) is 3.27. The van der Waals surface area contributed by atoms with Crippen molar-refractivity contribution >= 4 is 85.9 Å². The molecule has 0 bridgehead atoms. The Labute approximate surface area is 506 Å². The molecule has 0 amide bonds. The number of para-hydroxylation sites is 6. The number of nitriles is 1. The second-order valence-corrected chi connectivity index (χ2v) is 22.5. The first kappa shape index (κ1) is 54.2. The highest BCUT2D eigenvalue weighted by Gasteiger charge is 2.26. The quantitative estimate of drug-likeness (QED) is 0.0723. The maximum absolute atomic E-state index is 17.8. The Morgan fingerprint density at radius 3 is 1.08 bits per heavy atom. The summed E-state index contributed by atoms with van der Waals surface area (Å²) in [6.07, 6.45) is 1.40. The van der Waals surface area contributed by atoms with E-state index in [-0.39, 0.29) is 5.69 Å². The lowest BCUT2D eigenvalue weighted by Gasteiger charge is -2.25. The molecule has 412 valence electrons. The van der Waals surface area contributed by atoms with Gasteiger partial charge in [-0.3, -0.25) is 0 Å². The topological polar surface area (TPSA) is 75.7 Å². The minimum absolute atomic E-state index is 0.255. The summed E-state index contributed by atoms with van der Waals surface area (Å²) in [6.45, 7) is 0. The van der Waals surface area contributed by atoms with Crippen molar-refractivity contribution in [3.8, 4) is 64.9 Å². The number of rotatable bonds is 17. The summed E-state index contributed by atoms with van der Waals surface area (Å²) in [7, 11) is 0. The maximum atomic E-state index is 17.8. The van der Waals surface area contributed by atoms with Gasteiger partial charge in [-0.15, -0.1) is 22.7 Å². The maximum Gasteiger partial charge on any atom is 0.346 e. The fourth-order valence-corrected chi connectivity index (χ4v) is 13.0. The molecule has 0 aliphatic carbocycles. The lowest BCUT2D eigenvalue weighted by Crippen LogP contribution is -2.09. The van der Waals surface area contributed by atoms with Gasteiger partial charge in [-0.05, 0) is 180 Å². The Morgan fingerprint density at radius 2 is 0.721 bits per heavy atom. The molecule has 0 atom stereocenters. The van der Waals surface area contributed by atoms with Crippen LogP contribution in [-0.4, -0.2) is 15.6 Å². The zero-order valence-electron chi connectivity index (χ0n) is 46.2. The molecular weight excluding hydrogens is 1100 g/mol. The molecule has 0 radical (unpaired) electrons. The van der Waals surface area contributed by atoms with Gasteiger partial charge < -0.3 is 24.4 Å². The van der Waals surface area contributed by atoms with Gasteiger partial charge in [0, 0.05) is 66.5 Å². The standard InChI is InChI=1S/C76H52FN5O2S2/c77-68-50-56(53-31-38-65(39-32-53)79(59-19-7-1-8-20-59)60-21-9-2-10-22-60)37-44-69(68)82-70(73-47-45-71(85-73)54-33-40-66(41-34-54)80(61-23-11-3-12-24-61)62-25-13-4-14-26-62)51-57(49-58(52-78)76(83)84)75(82)74-48-46-72(86-74)55-35-42-67(43-36-55)81(63-27-15-5-16-28-63)64-29-17-6-18-30-64/h1-51H,(H,83,84)/b58-49+. The summed E-state index contributed by atoms with van der Waals surface area (Å²) in [4.78, 5) is 22.8. The summed E-state index contributed by atoms with van der Waals surface area (Å²) >= 11 is 3.06. The molecule has 0 fully saturated rings. The summed E-state index contributed by atoms with van der Waals surface area (Å²) in [5.74, 6) is -1.85. The Bertz CT molecular complexity index is 4430. The fraction of sp³-hybridized carbons (Fsp3) is 0. The van der Waals surface area contributed by atoms with Crippen LogP contribution in [0.1, 0.15) is 5.56 Å². The fourth-order valence-electron chi connectivity index (χ4n) is 10.9. The molecule has 0 spiro atoms. The molecule has 0 saturated carbocycles. The van der Waals surface area contributed by atoms with Crippen LogP contribution < -0.4 is 14.7 Å². The number of aromatic nitrogens is 1. The number of anilines is 9. The van der Waals surface area contributed by atoms with E-state index in [0.29, 0.717) is 22.5 Å². The highest BCUT2D eigenvalue weighted by atomic mass is 32.1. The molecule has 0 unspecified atom stereocenters. The van der Waals surface area contributed by atoms with Gasteiger partial charge in [-0.1, -0.05) is 152 Å². The molecule has 7 nitrogen and oxygen atoms in total. The third-order valence-corrected chi connectivity index (χ3v) is 17.2. The number of carboxylic acids is 1. The largest absolute Gasteiger partial charge is 0.477 e. The number of thiophene rings is 2. The minimum Gasteiger partial charge on any atom is -0.477 e. The van der Waals surface area contributed by atoms with Crippen LogP contribution in [0.5, 0.6) is 0 Å². The second-order valence-electron chi connectivity index (χ2n) is 20.3. The van der Waals surface area contributed by atoms with E-state index in [9.17, 15) is 15.2 Å². The first-order valence-corrected chi connectivity index (χ1v) is 29.6. The lowest BCUT2D eigenvalue weighted by molar-refractivity contribution is -0.132. The predicted octanol–water partition coefficient (Wildman–Crippen LogP) is 21.5. The zero-order chi connectivity index (χ0) is 58.3. The van der Waals surface area contributed by atoms with Crippen LogP contribution in [0.4, 0.5) is 55.6 Å². The molecule has 3 heterocycles. The van der Waals surface area contributed by atoms with Gasteiger partial charge in [-0.2, -0.15) is 5.26 Å². The number of carboxylic acid groups (broad SMARTS) is 1. The van der Waals surface area contributed by atoms with Crippen molar-refractivity contribution in [2.24, 2.45) is 0 Å². The van der Waals surface area contributed by atoms with Gasteiger partial charge >= 0.3 is 5.97 Å². The summed E-state index contributed by atoms with van der Waals surface area (Å²) in [5, 5.41) is 20.6. The molecule has 0 aliphatic rings. The number of hydrogen-bond donors (Lipinski definition) is 1. The molecule has 86 heavy (non-hydrogen) atoms. The summed E-state index contributed by atoms with van der Waals surface area (Å²) in [5.41, 5.74) is 13.9. The van der Waals surface area contributed by atoms with E-state index in [1.807, 2.05) is 174 Å². The number of carbonyl (C=O) groups is 1. The number of halogens is 1. The van der Waals surface area contributed by atoms with Gasteiger partial charge in [0.15, 0.2) is 0 Å². The first-order chi connectivity index (χ1) is 42.3.